The molecule has 0 fully saturated rings. The van der Waals surface area contributed by atoms with Crippen LogP contribution in [0.2, 0.25) is 0 Å². The minimum Gasteiger partial charge on any atom is -0.745 e. The second-order valence-electron chi connectivity index (χ2n) is 11.2. The van der Waals surface area contributed by atoms with E-state index in [1.165, 1.54) is 87.3 Å². The molecule has 43 heavy (non-hydrogen) atoms. The van der Waals surface area contributed by atoms with E-state index in [1.807, 2.05) is 0 Å². The van der Waals surface area contributed by atoms with Crippen molar-refractivity contribution in [1.82, 2.24) is 0 Å². The molecule has 0 bridgehead atoms. The number of unbranched alkanes of at least 4 members (excludes halogenated alkanes) is 14. The second kappa shape index (κ2) is 20.2. The number of anilines is 2. The molecule has 230 valence electrons. The summed E-state index contributed by atoms with van der Waals surface area (Å²) >= 11 is 0. The van der Waals surface area contributed by atoms with Gasteiger partial charge in [-0.25, -0.2) is 16.8 Å². The summed E-state index contributed by atoms with van der Waals surface area (Å²) in [5.74, 6) is 0. The molecule has 0 radical (unpaired) electrons. The van der Waals surface area contributed by atoms with Gasteiger partial charge in [-0.3, -0.25) is 0 Å². The standard InChI is InChI=1S/C31H48N2O6S2.2Na/c1-2-3-4-5-6-7-8-9-10-11-12-13-14-15-20-25-31(41(37,38)39)32-28-22-17-18-23-29(28)33(31)26-27-21-16-19-24-30(27)40(34,35)36;;/h16-19,21-24,32H,2-15,20,25-26H2,1H3,(H,34,35,36)(H,37,38,39);;/q;2*+1/p-2. The first-order chi connectivity index (χ1) is 19.6. The molecule has 1 N–H and O–H groups in total. The van der Waals surface area contributed by atoms with Gasteiger partial charge in [-0.15, -0.1) is 0 Å². The zero-order valence-corrected chi connectivity index (χ0v) is 32.0. The summed E-state index contributed by atoms with van der Waals surface area (Å²) in [5.41, 5.74) is 1.10. The molecule has 8 nitrogen and oxygen atoms in total. The fourth-order valence-electron chi connectivity index (χ4n) is 5.80. The zero-order chi connectivity index (χ0) is 29.8. The number of hydrogen-bond donors (Lipinski definition) is 1. The van der Waals surface area contributed by atoms with Gasteiger partial charge in [0.05, 0.1) is 16.3 Å². The summed E-state index contributed by atoms with van der Waals surface area (Å²) < 4.78 is 74.2. The Morgan fingerprint density at radius 2 is 1.14 bits per heavy atom. The number of nitrogens with zero attached hydrogens (tertiary/aromatic N) is 1. The summed E-state index contributed by atoms with van der Waals surface area (Å²) in [6.45, 7) is 2.02. The van der Waals surface area contributed by atoms with E-state index in [1.54, 1.807) is 30.3 Å². The molecule has 1 unspecified atom stereocenters. The minimum atomic E-state index is -4.93. The Hall–Kier alpha value is -0.140. The average Bonchev–Trinajstić information content (AvgIpc) is 3.25. The SMILES string of the molecule is CCCCCCCCCCCCCCCCCC1(S(=O)(=O)[O-])Nc2ccccc2N1Cc1ccccc1S(=O)(=O)[O-].[Na+].[Na+]. The number of nitrogens with one attached hydrogen (secondary N) is 1. The Balaban J connectivity index is 0.00000462. The van der Waals surface area contributed by atoms with E-state index in [2.05, 4.69) is 12.2 Å². The van der Waals surface area contributed by atoms with E-state index < -0.39 is 30.1 Å². The van der Waals surface area contributed by atoms with Crippen molar-refractivity contribution >= 4 is 31.6 Å². The van der Waals surface area contributed by atoms with E-state index in [9.17, 15) is 25.9 Å². The number of rotatable bonds is 20. The first kappa shape index (κ1) is 40.9. The topological polar surface area (TPSA) is 130 Å². The van der Waals surface area contributed by atoms with Crippen molar-refractivity contribution in [2.45, 2.75) is 126 Å². The molecule has 0 aromatic heterocycles. The molecule has 2 aromatic rings. The van der Waals surface area contributed by atoms with Crippen molar-refractivity contribution in [3.05, 3.63) is 54.1 Å². The maximum absolute atomic E-state index is 12.8. The van der Waals surface area contributed by atoms with Crippen molar-refractivity contribution in [2.24, 2.45) is 0 Å². The second-order valence-corrected chi connectivity index (χ2v) is 14.2. The molecule has 1 aliphatic rings. The van der Waals surface area contributed by atoms with Crippen molar-refractivity contribution in [3.8, 4) is 0 Å². The molecule has 0 saturated carbocycles. The largest absolute Gasteiger partial charge is 1.00 e. The molecular formula is C31H46N2Na2O6S2. The predicted octanol–water partition coefficient (Wildman–Crippen LogP) is 1.49. The van der Waals surface area contributed by atoms with Crippen molar-refractivity contribution in [1.29, 1.82) is 0 Å². The molecule has 2 aromatic carbocycles. The summed E-state index contributed by atoms with van der Waals surface area (Å²) in [7, 11) is -9.73. The van der Waals surface area contributed by atoms with Crippen LogP contribution < -0.4 is 69.3 Å². The van der Waals surface area contributed by atoms with Gasteiger partial charge in [0.1, 0.15) is 20.2 Å². The van der Waals surface area contributed by atoms with Crippen LogP contribution >= 0.6 is 0 Å². The van der Waals surface area contributed by atoms with Gasteiger partial charge in [-0.05, 0) is 30.2 Å². The van der Waals surface area contributed by atoms with Crippen LogP contribution in [0.15, 0.2) is 53.4 Å². The van der Waals surface area contributed by atoms with Gasteiger partial charge >= 0.3 is 59.1 Å². The average molecular weight is 653 g/mol. The van der Waals surface area contributed by atoms with Gasteiger partial charge in [0.15, 0.2) is 0 Å². The molecule has 0 aliphatic carbocycles. The smallest absolute Gasteiger partial charge is 0.745 e. The monoisotopic (exact) mass is 652 g/mol. The van der Waals surface area contributed by atoms with Gasteiger partial charge in [0.25, 0.3) is 0 Å². The maximum atomic E-state index is 12.8. The Kier molecular flexibility index (Phi) is 19.2. The van der Waals surface area contributed by atoms with Crippen LogP contribution in [0.1, 0.15) is 115 Å². The van der Waals surface area contributed by atoms with Crippen LogP contribution in [0, 0.1) is 0 Å². The van der Waals surface area contributed by atoms with Crippen LogP contribution in [-0.4, -0.2) is 30.9 Å². The fraction of sp³-hybridized carbons (Fsp3) is 0.613. The van der Waals surface area contributed by atoms with Crippen LogP contribution in [0.4, 0.5) is 11.4 Å². The van der Waals surface area contributed by atoms with Gasteiger partial charge in [-0.1, -0.05) is 127 Å². The number of para-hydroxylation sites is 2. The quantitative estimate of drug-likeness (QED) is 0.130. The summed E-state index contributed by atoms with van der Waals surface area (Å²) in [4.78, 5) is -0.987. The third kappa shape index (κ3) is 12.2. The molecule has 0 saturated heterocycles. The molecule has 1 heterocycles. The molecule has 0 spiro atoms. The Morgan fingerprint density at radius 3 is 1.65 bits per heavy atom. The number of hydrogen-bond acceptors (Lipinski definition) is 8. The first-order valence-corrected chi connectivity index (χ1v) is 18.1. The Bertz CT molecular complexity index is 1310. The third-order valence-corrected chi connectivity index (χ3v) is 10.4. The maximum Gasteiger partial charge on any atom is 1.00 e. The minimum absolute atomic E-state index is 0. The van der Waals surface area contributed by atoms with Crippen LogP contribution in [0.3, 0.4) is 0 Å². The third-order valence-electron chi connectivity index (χ3n) is 8.06. The zero-order valence-electron chi connectivity index (χ0n) is 26.4. The number of fused-ring (bicyclic) bond motifs is 1. The van der Waals surface area contributed by atoms with E-state index in [-0.39, 0.29) is 77.6 Å². The molecule has 1 aliphatic heterocycles. The van der Waals surface area contributed by atoms with Crippen LogP contribution in [0.25, 0.3) is 0 Å². The first-order valence-electron chi connectivity index (χ1n) is 15.2. The van der Waals surface area contributed by atoms with E-state index in [0.717, 1.165) is 25.7 Å². The van der Waals surface area contributed by atoms with E-state index >= 15 is 0 Å². The van der Waals surface area contributed by atoms with E-state index in [4.69, 9.17) is 0 Å². The molecule has 3 rings (SSSR count). The van der Waals surface area contributed by atoms with Gasteiger partial charge in [-0.2, -0.15) is 0 Å². The Labute approximate surface area is 304 Å². The van der Waals surface area contributed by atoms with Crippen molar-refractivity contribution in [3.63, 3.8) is 0 Å². The molecule has 0 amide bonds. The van der Waals surface area contributed by atoms with Crippen molar-refractivity contribution < 1.29 is 85.1 Å². The molecular weight excluding hydrogens is 606 g/mol. The van der Waals surface area contributed by atoms with Crippen LogP contribution in [-0.2, 0) is 26.8 Å². The van der Waals surface area contributed by atoms with Gasteiger partial charge in [0.2, 0.25) is 4.99 Å². The predicted molar refractivity (Wildman–Crippen MR) is 163 cm³/mol. The Morgan fingerprint density at radius 1 is 0.674 bits per heavy atom. The van der Waals surface area contributed by atoms with Gasteiger partial charge < -0.3 is 19.3 Å². The van der Waals surface area contributed by atoms with Crippen molar-refractivity contribution in [2.75, 3.05) is 10.2 Å². The van der Waals surface area contributed by atoms with Gasteiger partial charge in [0, 0.05) is 13.0 Å². The fourth-order valence-corrected chi connectivity index (χ4v) is 7.57. The molecule has 12 heteroatoms. The summed E-state index contributed by atoms with van der Waals surface area (Å²) in [6, 6.07) is 12.6. The molecule has 1 atom stereocenters. The summed E-state index contributed by atoms with van der Waals surface area (Å²) in [5, 5.41) is 2.96. The van der Waals surface area contributed by atoms with Crippen LogP contribution in [0.5, 0.6) is 0 Å². The van der Waals surface area contributed by atoms with E-state index in [0.29, 0.717) is 17.8 Å². The summed E-state index contributed by atoms with van der Waals surface area (Å²) in [6.07, 6.45) is 17.6. The number of benzene rings is 2. The normalized spacial score (nSPS) is 16.2.